The van der Waals surface area contributed by atoms with Gasteiger partial charge in [-0.25, -0.2) is 10.3 Å². The van der Waals surface area contributed by atoms with E-state index in [1.54, 1.807) is 6.20 Å². The van der Waals surface area contributed by atoms with Crippen LogP contribution in [0.2, 0.25) is 0 Å². The number of amides is 2. The molecule has 5 heteroatoms. The predicted molar refractivity (Wildman–Crippen MR) is 75.6 cm³/mol. The van der Waals surface area contributed by atoms with E-state index in [9.17, 15) is 4.79 Å². The number of urea groups is 1. The van der Waals surface area contributed by atoms with Crippen LogP contribution in [0.3, 0.4) is 0 Å². The van der Waals surface area contributed by atoms with Crippen LogP contribution in [0, 0.1) is 0 Å². The first kappa shape index (κ1) is 14.0. The zero-order valence-corrected chi connectivity index (χ0v) is 11.2. The van der Waals surface area contributed by atoms with Crippen molar-refractivity contribution in [1.82, 2.24) is 15.8 Å². The van der Waals surface area contributed by atoms with Crippen molar-refractivity contribution < 1.29 is 9.63 Å². The van der Waals surface area contributed by atoms with Crippen molar-refractivity contribution in [3.8, 4) is 0 Å². The summed E-state index contributed by atoms with van der Waals surface area (Å²) in [6.07, 6.45) is 1.69. The molecule has 0 saturated carbocycles. The van der Waals surface area contributed by atoms with Crippen LogP contribution in [0.1, 0.15) is 24.2 Å². The Morgan fingerprint density at radius 2 is 1.95 bits per heavy atom. The fourth-order valence-corrected chi connectivity index (χ4v) is 1.69. The molecule has 1 aromatic carbocycles. The van der Waals surface area contributed by atoms with Crippen molar-refractivity contribution in [3.63, 3.8) is 0 Å². The van der Waals surface area contributed by atoms with Crippen molar-refractivity contribution in [1.29, 1.82) is 0 Å². The molecule has 0 fully saturated rings. The molecule has 0 bridgehead atoms. The summed E-state index contributed by atoms with van der Waals surface area (Å²) >= 11 is 0. The van der Waals surface area contributed by atoms with E-state index in [4.69, 9.17) is 4.84 Å². The molecule has 2 aromatic rings. The minimum atomic E-state index is -0.390. The number of aromatic nitrogens is 1. The lowest BCUT2D eigenvalue weighted by Crippen LogP contribution is -2.37. The molecule has 0 aliphatic carbocycles. The molecule has 1 aromatic heterocycles. The molecule has 2 N–H and O–H groups in total. The fourth-order valence-electron chi connectivity index (χ4n) is 1.69. The summed E-state index contributed by atoms with van der Waals surface area (Å²) in [5, 5.41) is 2.74. The van der Waals surface area contributed by atoms with Gasteiger partial charge < -0.3 is 5.32 Å². The smallest absolute Gasteiger partial charge is 0.328 e. The van der Waals surface area contributed by atoms with E-state index >= 15 is 0 Å². The van der Waals surface area contributed by atoms with Crippen molar-refractivity contribution in [2.24, 2.45) is 0 Å². The Hall–Kier alpha value is -2.40. The average molecular weight is 271 g/mol. The van der Waals surface area contributed by atoms with Gasteiger partial charge in [-0.15, -0.1) is 0 Å². The highest BCUT2D eigenvalue weighted by atomic mass is 16.7. The molecule has 1 heterocycles. The van der Waals surface area contributed by atoms with Gasteiger partial charge in [0, 0.05) is 6.20 Å². The highest BCUT2D eigenvalue weighted by molar-refractivity contribution is 5.73. The second-order valence-corrected chi connectivity index (χ2v) is 4.33. The molecule has 0 spiro atoms. The number of hydrogen-bond donors (Lipinski definition) is 2. The Bertz CT molecular complexity index is 531. The third kappa shape index (κ3) is 4.37. The Labute approximate surface area is 117 Å². The quantitative estimate of drug-likeness (QED) is 0.821. The number of hydrogen-bond acceptors (Lipinski definition) is 3. The Balaban J connectivity index is 1.73. The zero-order valence-electron chi connectivity index (χ0n) is 11.2. The van der Waals surface area contributed by atoms with Crippen molar-refractivity contribution in [3.05, 3.63) is 66.0 Å². The van der Waals surface area contributed by atoms with Gasteiger partial charge in [-0.3, -0.25) is 9.82 Å². The fraction of sp³-hybridized carbons (Fsp3) is 0.200. The summed E-state index contributed by atoms with van der Waals surface area (Å²) in [4.78, 5) is 21.0. The lowest BCUT2D eigenvalue weighted by atomic mass is 10.2. The van der Waals surface area contributed by atoms with Crippen LogP contribution in [-0.2, 0) is 11.4 Å². The number of carbonyl (C=O) groups is 1. The second-order valence-electron chi connectivity index (χ2n) is 4.33. The lowest BCUT2D eigenvalue weighted by molar-refractivity contribution is 0.0482. The molecule has 2 amide bonds. The number of rotatable bonds is 5. The molecule has 2 rings (SSSR count). The monoisotopic (exact) mass is 271 g/mol. The van der Waals surface area contributed by atoms with Crippen LogP contribution < -0.4 is 10.8 Å². The van der Waals surface area contributed by atoms with Crippen molar-refractivity contribution in [2.45, 2.75) is 19.6 Å². The molecule has 0 aliphatic heterocycles. The average Bonchev–Trinajstić information content (AvgIpc) is 2.49. The van der Waals surface area contributed by atoms with Crippen molar-refractivity contribution >= 4 is 6.03 Å². The Morgan fingerprint density at radius 3 is 2.65 bits per heavy atom. The highest BCUT2D eigenvalue weighted by Crippen LogP contribution is 2.07. The molecule has 20 heavy (non-hydrogen) atoms. The van der Waals surface area contributed by atoms with E-state index in [1.165, 1.54) is 0 Å². The number of nitrogens with one attached hydrogen (secondary N) is 2. The third-order valence-electron chi connectivity index (χ3n) is 2.73. The largest absolute Gasteiger partial charge is 0.339 e. The summed E-state index contributed by atoms with van der Waals surface area (Å²) in [7, 11) is 0. The van der Waals surface area contributed by atoms with Crippen LogP contribution in [0.25, 0.3) is 0 Å². The molecule has 0 unspecified atom stereocenters. The number of hydroxylamine groups is 1. The van der Waals surface area contributed by atoms with Gasteiger partial charge >= 0.3 is 6.03 Å². The minimum Gasteiger partial charge on any atom is -0.328 e. The third-order valence-corrected chi connectivity index (χ3v) is 2.73. The highest BCUT2D eigenvalue weighted by Gasteiger charge is 2.09. The molecule has 0 aliphatic rings. The van der Waals surface area contributed by atoms with E-state index in [1.807, 2.05) is 55.5 Å². The van der Waals surface area contributed by atoms with Crippen molar-refractivity contribution in [2.75, 3.05) is 0 Å². The van der Waals surface area contributed by atoms with Gasteiger partial charge in [0.1, 0.15) is 0 Å². The van der Waals surface area contributed by atoms with Crippen LogP contribution in [0.4, 0.5) is 4.79 Å². The van der Waals surface area contributed by atoms with Crippen LogP contribution in [0.15, 0.2) is 54.7 Å². The van der Waals surface area contributed by atoms with E-state index in [0.29, 0.717) is 6.61 Å². The van der Waals surface area contributed by atoms with Crippen LogP contribution in [-0.4, -0.2) is 11.0 Å². The minimum absolute atomic E-state index is 0.184. The summed E-state index contributed by atoms with van der Waals surface area (Å²) in [6, 6.07) is 14.6. The molecule has 0 radical (unpaired) electrons. The van der Waals surface area contributed by atoms with Gasteiger partial charge in [-0.05, 0) is 24.6 Å². The van der Waals surface area contributed by atoms with E-state index in [0.717, 1.165) is 11.3 Å². The maximum absolute atomic E-state index is 11.6. The maximum atomic E-state index is 11.6. The summed E-state index contributed by atoms with van der Waals surface area (Å²) in [5.74, 6) is 0. The zero-order chi connectivity index (χ0) is 14.2. The molecule has 1 atom stereocenters. The number of pyridine rings is 1. The SMILES string of the molecule is C[C@H](NC(=O)NOCc1ccccc1)c1ccccn1. The first-order valence-corrected chi connectivity index (χ1v) is 6.39. The predicted octanol–water partition coefficient (Wildman–Crippen LogP) is 2.57. The van der Waals surface area contributed by atoms with Crippen LogP contribution >= 0.6 is 0 Å². The molecular formula is C15H17N3O2. The van der Waals surface area contributed by atoms with Crippen LogP contribution in [0.5, 0.6) is 0 Å². The normalized spacial score (nSPS) is 11.7. The standard InChI is InChI=1S/C15H17N3O2/c1-12(14-9-5-6-10-16-14)17-15(19)18-20-11-13-7-3-2-4-8-13/h2-10,12H,11H2,1H3,(H2,17,18,19)/t12-/m0/s1. The molecule has 5 nitrogen and oxygen atoms in total. The summed E-state index contributed by atoms with van der Waals surface area (Å²) in [6.45, 7) is 2.19. The first-order valence-electron chi connectivity index (χ1n) is 6.39. The Morgan fingerprint density at radius 1 is 1.20 bits per heavy atom. The number of nitrogens with zero attached hydrogens (tertiary/aromatic N) is 1. The summed E-state index contributed by atoms with van der Waals surface area (Å²) in [5.41, 5.74) is 4.14. The summed E-state index contributed by atoms with van der Waals surface area (Å²) < 4.78 is 0. The second kappa shape index (κ2) is 7.25. The van der Waals surface area contributed by atoms with Gasteiger partial charge in [-0.2, -0.15) is 0 Å². The molecule has 104 valence electrons. The Kier molecular flexibility index (Phi) is 5.08. The first-order chi connectivity index (χ1) is 9.75. The van der Waals surface area contributed by atoms with Gasteiger partial charge in [0.05, 0.1) is 18.3 Å². The maximum Gasteiger partial charge on any atom is 0.339 e. The van der Waals surface area contributed by atoms with Gasteiger partial charge in [0.25, 0.3) is 0 Å². The van der Waals surface area contributed by atoms with Gasteiger partial charge in [0.2, 0.25) is 0 Å². The van der Waals surface area contributed by atoms with Gasteiger partial charge in [0.15, 0.2) is 0 Å². The molecule has 0 saturated heterocycles. The number of benzene rings is 1. The van der Waals surface area contributed by atoms with E-state index in [-0.39, 0.29) is 12.1 Å². The van der Waals surface area contributed by atoms with E-state index in [2.05, 4.69) is 15.8 Å². The molecular weight excluding hydrogens is 254 g/mol. The topological polar surface area (TPSA) is 63.2 Å². The van der Waals surface area contributed by atoms with Gasteiger partial charge in [-0.1, -0.05) is 36.4 Å². The van der Waals surface area contributed by atoms with E-state index < -0.39 is 0 Å². The number of carbonyl (C=O) groups excluding carboxylic acids is 1. The lowest BCUT2D eigenvalue weighted by Gasteiger charge is -2.13.